The fraction of sp³-hybridized carbons (Fsp3) is 0.280. The number of halogens is 3. The van der Waals surface area contributed by atoms with Crippen LogP contribution in [0.2, 0.25) is 0 Å². The molecule has 1 saturated heterocycles. The second-order valence-electron chi connectivity index (χ2n) is 8.36. The van der Waals surface area contributed by atoms with Crippen molar-refractivity contribution in [3.05, 3.63) is 100 Å². The van der Waals surface area contributed by atoms with Crippen molar-refractivity contribution < 1.29 is 22.7 Å². The highest BCUT2D eigenvalue weighted by molar-refractivity contribution is 6.09. The summed E-state index contributed by atoms with van der Waals surface area (Å²) in [6.45, 7) is 2.75. The quantitative estimate of drug-likeness (QED) is 0.552. The maximum absolute atomic E-state index is 14.7. The van der Waals surface area contributed by atoms with Gasteiger partial charge < -0.3 is 4.74 Å². The number of carbonyl (C=O) groups excluding carboxylic acids is 1. The SMILES string of the molecule is O=C(c1ccc(F)c(F)c1)c1ccc(CN2CCC3(CC2)OCc2ccncc23)cc1F. The molecule has 7 heteroatoms. The molecule has 4 nitrogen and oxygen atoms in total. The smallest absolute Gasteiger partial charge is 0.196 e. The lowest BCUT2D eigenvalue weighted by Crippen LogP contribution is -2.42. The Morgan fingerprint density at radius 2 is 1.81 bits per heavy atom. The van der Waals surface area contributed by atoms with E-state index < -0.39 is 23.2 Å². The third kappa shape index (κ3) is 3.72. The molecule has 0 atom stereocenters. The topological polar surface area (TPSA) is 42.4 Å². The van der Waals surface area contributed by atoms with Gasteiger partial charge >= 0.3 is 0 Å². The molecule has 32 heavy (non-hydrogen) atoms. The number of ketones is 1. The van der Waals surface area contributed by atoms with E-state index in [0.29, 0.717) is 13.2 Å². The predicted molar refractivity (Wildman–Crippen MR) is 111 cm³/mol. The minimum atomic E-state index is -1.14. The van der Waals surface area contributed by atoms with E-state index in [9.17, 15) is 18.0 Å². The van der Waals surface area contributed by atoms with Crippen LogP contribution in [0.5, 0.6) is 0 Å². The van der Waals surface area contributed by atoms with Crippen molar-refractivity contribution in [2.75, 3.05) is 13.1 Å². The second-order valence-corrected chi connectivity index (χ2v) is 8.36. The fourth-order valence-corrected chi connectivity index (χ4v) is 4.63. The average molecular weight is 438 g/mol. The van der Waals surface area contributed by atoms with Crippen LogP contribution in [0.4, 0.5) is 13.2 Å². The van der Waals surface area contributed by atoms with Crippen molar-refractivity contribution in [1.29, 1.82) is 0 Å². The van der Waals surface area contributed by atoms with Crippen LogP contribution in [-0.4, -0.2) is 28.8 Å². The molecule has 0 N–H and O–H groups in total. The second kappa shape index (κ2) is 8.15. The molecule has 0 unspecified atom stereocenters. The van der Waals surface area contributed by atoms with Crippen LogP contribution < -0.4 is 0 Å². The van der Waals surface area contributed by atoms with Crippen LogP contribution in [0, 0.1) is 17.5 Å². The first kappa shape index (κ1) is 20.8. The van der Waals surface area contributed by atoms with E-state index >= 15 is 0 Å². The van der Waals surface area contributed by atoms with Gasteiger partial charge in [0.15, 0.2) is 17.4 Å². The standard InChI is InChI=1S/C25H21F3N2O2/c26-21-4-2-17(12-23(21)28)24(31)19-3-1-16(11-22(19)27)14-30-9-6-25(7-10-30)20-13-29-8-5-18(20)15-32-25/h1-5,8,11-13H,6-7,9-10,14-15H2. The zero-order valence-corrected chi connectivity index (χ0v) is 17.3. The first-order valence-electron chi connectivity index (χ1n) is 10.5. The van der Waals surface area contributed by atoms with Crippen molar-refractivity contribution in [3.8, 4) is 0 Å². The molecule has 0 saturated carbocycles. The van der Waals surface area contributed by atoms with Crippen molar-refractivity contribution in [1.82, 2.24) is 9.88 Å². The van der Waals surface area contributed by atoms with Gasteiger partial charge in [0.05, 0.1) is 17.8 Å². The Kier molecular flexibility index (Phi) is 5.31. The zero-order valence-electron chi connectivity index (χ0n) is 17.3. The number of ether oxygens (including phenoxy) is 1. The lowest BCUT2D eigenvalue weighted by molar-refractivity contribution is -0.0800. The minimum Gasteiger partial charge on any atom is -0.365 e. The highest BCUT2D eigenvalue weighted by Crippen LogP contribution is 2.43. The Balaban J connectivity index is 1.26. The summed E-state index contributed by atoms with van der Waals surface area (Å²) in [6, 6.07) is 9.24. The van der Waals surface area contributed by atoms with E-state index in [1.807, 2.05) is 12.3 Å². The Hall–Kier alpha value is -3.03. The molecule has 2 aliphatic rings. The van der Waals surface area contributed by atoms with Crippen LogP contribution >= 0.6 is 0 Å². The number of nitrogens with zero attached hydrogens (tertiary/aromatic N) is 2. The van der Waals surface area contributed by atoms with Gasteiger partial charge in [-0.1, -0.05) is 6.07 Å². The third-order valence-corrected chi connectivity index (χ3v) is 6.44. The molecular weight excluding hydrogens is 417 g/mol. The molecule has 1 spiro atoms. The van der Waals surface area contributed by atoms with Crippen molar-refractivity contribution in [2.45, 2.75) is 31.6 Å². The first-order valence-corrected chi connectivity index (χ1v) is 10.5. The molecule has 1 aromatic heterocycles. The molecule has 0 amide bonds. The molecule has 0 aliphatic carbocycles. The summed E-state index contributed by atoms with van der Waals surface area (Å²) in [5.41, 5.74) is 2.56. The van der Waals surface area contributed by atoms with Crippen LogP contribution in [0.25, 0.3) is 0 Å². The van der Waals surface area contributed by atoms with E-state index in [1.165, 1.54) is 23.3 Å². The minimum absolute atomic E-state index is 0.0942. The molecule has 3 heterocycles. The summed E-state index contributed by atoms with van der Waals surface area (Å²) in [6.07, 6.45) is 5.35. The van der Waals surface area contributed by atoms with E-state index in [0.717, 1.165) is 49.7 Å². The van der Waals surface area contributed by atoms with Gasteiger partial charge in [0.25, 0.3) is 0 Å². The summed E-state index contributed by atoms with van der Waals surface area (Å²) in [5, 5.41) is 0. The molecular formula is C25H21F3N2O2. The fourth-order valence-electron chi connectivity index (χ4n) is 4.63. The number of hydrogen-bond acceptors (Lipinski definition) is 4. The summed E-state index contributed by atoms with van der Waals surface area (Å²) in [7, 11) is 0. The average Bonchev–Trinajstić information content (AvgIpc) is 3.15. The zero-order chi connectivity index (χ0) is 22.3. The van der Waals surface area contributed by atoms with Gasteiger partial charge in [-0.05, 0) is 60.4 Å². The third-order valence-electron chi connectivity index (χ3n) is 6.44. The molecule has 1 fully saturated rings. The lowest BCUT2D eigenvalue weighted by Gasteiger charge is -2.39. The summed E-state index contributed by atoms with van der Waals surface area (Å²) < 4.78 is 47.4. The normalized spacial score (nSPS) is 17.5. The predicted octanol–water partition coefficient (Wildman–Crippen LogP) is 4.75. The molecule has 5 rings (SSSR count). The largest absolute Gasteiger partial charge is 0.365 e. The van der Waals surface area contributed by atoms with Gasteiger partial charge in [-0.3, -0.25) is 14.7 Å². The maximum atomic E-state index is 14.7. The number of rotatable bonds is 4. The van der Waals surface area contributed by atoms with E-state index in [1.54, 1.807) is 12.3 Å². The van der Waals surface area contributed by atoms with Gasteiger partial charge in [-0.15, -0.1) is 0 Å². The number of carbonyl (C=O) groups is 1. The van der Waals surface area contributed by atoms with E-state index in [-0.39, 0.29) is 16.7 Å². The number of benzene rings is 2. The van der Waals surface area contributed by atoms with Crippen molar-refractivity contribution >= 4 is 5.78 Å². The van der Waals surface area contributed by atoms with Gasteiger partial charge in [0.2, 0.25) is 0 Å². The van der Waals surface area contributed by atoms with E-state index in [2.05, 4.69) is 9.88 Å². The van der Waals surface area contributed by atoms with Crippen LogP contribution in [-0.2, 0) is 23.5 Å². The highest BCUT2D eigenvalue weighted by Gasteiger charge is 2.42. The number of aromatic nitrogens is 1. The number of pyridine rings is 1. The summed E-state index contributed by atoms with van der Waals surface area (Å²) in [5.74, 6) is -3.55. The van der Waals surface area contributed by atoms with Crippen molar-refractivity contribution in [2.24, 2.45) is 0 Å². The van der Waals surface area contributed by atoms with Gasteiger partial charge in [0.1, 0.15) is 5.82 Å². The van der Waals surface area contributed by atoms with Crippen LogP contribution in [0.3, 0.4) is 0 Å². The molecule has 3 aromatic rings. The number of piperidine rings is 1. The summed E-state index contributed by atoms with van der Waals surface area (Å²) >= 11 is 0. The van der Waals surface area contributed by atoms with Crippen molar-refractivity contribution in [3.63, 3.8) is 0 Å². The summed E-state index contributed by atoms with van der Waals surface area (Å²) in [4.78, 5) is 19.0. The maximum Gasteiger partial charge on any atom is 0.196 e. The number of likely N-dealkylation sites (tertiary alicyclic amines) is 1. The molecule has 2 aromatic carbocycles. The van der Waals surface area contributed by atoms with Crippen LogP contribution in [0.1, 0.15) is 45.5 Å². The van der Waals surface area contributed by atoms with Gasteiger partial charge in [-0.2, -0.15) is 0 Å². The monoisotopic (exact) mass is 438 g/mol. The molecule has 2 aliphatic heterocycles. The van der Waals surface area contributed by atoms with Crippen LogP contribution in [0.15, 0.2) is 54.9 Å². The molecule has 164 valence electrons. The Labute approximate surface area is 183 Å². The van der Waals surface area contributed by atoms with Gasteiger partial charge in [-0.25, -0.2) is 13.2 Å². The van der Waals surface area contributed by atoms with Gasteiger partial charge in [0, 0.05) is 43.2 Å². The number of hydrogen-bond donors (Lipinski definition) is 0. The lowest BCUT2D eigenvalue weighted by atomic mass is 9.84. The Morgan fingerprint density at radius 3 is 2.56 bits per heavy atom. The first-order chi connectivity index (χ1) is 15.4. The number of fused-ring (bicyclic) bond motifs is 2. The molecule has 0 radical (unpaired) electrons. The Bertz CT molecular complexity index is 1190. The highest BCUT2D eigenvalue weighted by atomic mass is 19.2. The van der Waals surface area contributed by atoms with E-state index in [4.69, 9.17) is 4.74 Å². The molecule has 0 bridgehead atoms. The Morgan fingerprint density at radius 1 is 1.00 bits per heavy atom.